The minimum atomic E-state index is -0.963. The van der Waals surface area contributed by atoms with Gasteiger partial charge in [-0.3, -0.25) is 4.79 Å². The van der Waals surface area contributed by atoms with E-state index in [0.717, 1.165) is 0 Å². The number of anilines is 1. The molecule has 116 valence electrons. The Kier molecular flexibility index (Phi) is 5.29. The molecule has 2 amide bonds. The van der Waals surface area contributed by atoms with Crippen molar-refractivity contribution in [3.63, 3.8) is 0 Å². The summed E-state index contributed by atoms with van der Waals surface area (Å²) in [5.41, 5.74) is 0.387. The molecule has 0 spiro atoms. The maximum atomic E-state index is 13.2. The number of carboxylic acid groups (broad SMARTS) is 1. The molecule has 6 heteroatoms. The van der Waals surface area contributed by atoms with Crippen LogP contribution in [0.3, 0.4) is 0 Å². The third-order valence-corrected chi connectivity index (χ3v) is 3.01. The van der Waals surface area contributed by atoms with E-state index in [4.69, 9.17) is 5.11 Å². The van der Waals surface area contributed by atoms with Gasteiger partial charge in [0.25, 0.3) is 0 Å². The van der Waals surface area contributed by atoms with Gasteiger partial charge >= 0.3 is 12.0 Å². The first-order valence-electron chi connectivity index (χ1n) is 6.68. The van der Waals surface area contributed by atoms with Crippen molar-refractivity contribution in [2.24, 2.45) is 0 Å². The molecule has 0 saturated heterocycles. The number of nitrogens with zero attached hydrogens (tertiary/aromatic N) is 1. The summed E-state index contributed by atoms with van der Waals surface area (Å²) in [7, 11) is 0. The topological polar surface area (TPSA) is 69.6 Å². The van der Waals surface area contributed by atoms with Gasteiger partial charge in [0.05, 0.1) is 6.42 Å². The van der Waals surface area contributed by atoms with Crippen LogP contribution in [0.15, 0.2) is 18.2 Å². The fraction of sp³-hybridized carbons (Fsp3) is 0.467. The Morgan fingerprint density at radius 1 is 1.33 bits per heavy atom. The fourth-order valence-corrected chi connectivity index (χ4v) is 1.86. The van der Waals surface area contributed by atoms with Crippen molar-refractivity contribution >= 4 is 17.7 Å². The monoisotopic (exact) mass is 296 g/mol. The number of urea groups is 1. The summed E-state index contributed by atoms with van der Waals surface area (Å²) in [6.07, 6.45) is -0.132. The van der Waals surface area contributed by atoms with Crippen LogP contribution in [0.2, 0.25) is 0 Å². The summed E-state index contributed by atoms with van der Waals surface area (Å²) >= 11 is 0. The molecule has 1 aromatic rings. The zero-order chi connectivity index (χ0) is 16.2. The first-order valence-corrected chi connectivity index (χ1v) is 6.68. The van der Waals surface area contributed by atoms with Crippen molar-refractivity contribution in [1.29, 1.82) is 0 Å². The number of hydrogen-bond acceptors (Lipinski definition) is 2. The maximum absolute atomic E-state index is 13.2. The quantitative estimate of drug-likeness (QED) is 0.896. The first-order chi connectivity index (χ1) is 9.61. The van der Waals surface area contributed by atoms with Crippen LogP contribution in [-0.2, 0) is 4.79 Å². The zero-order valence-corrected chi connectivity index (χ0v) is 12.7. The van der Waals surface area contributed by atoms with Crippen molar-refractivity contribution in [2.75, 3.05) is 11.9 Å². The fourth-order valence-electron chi connectivity index (χ4n) is 1.86. The number of rotatable bonds is 4. The number of nitrogens with one attached hydrogen (secondary N) is 1. The molecule has 0 fully saturated rings. The van der Waals surface area contributed by atoms with Gasteiger partial charge < -0.3 is 15.3 Å². The molecule has 5 nitrogen and oxygen atoms in total. The van der Waals surface area contributed by atoms with Gasteiger partial charge in [-0.1, -0.05) is 0 Å². The molecule has 0 aliphatic carbocycles. The van der Waals surface area contributed by atoms with Gasteiger partial charge in [-0.15, -0.1) is 0 Å². The molecule has 0 aromatic heterocycles. The smallest absolute Gasteiger partial charge is 0.322 e. The van der Waals surface area contributed by atoms with Gasteiger partial charge in [0.15, 0.2) is 0 Å². The van der Waals surface area contributed by atoms with E-state index in [2.05, 4.69) is 5.32 Å². The molecule has 0 atom stereocenters. The Bertz CT molecular complexity index is 538. The third-order valence-electron chi connectivity index (χ3n) is 3.01. The Labute approximate surface area is 123 Å². The molecule has 0 radical (unpaired) electrons. The molecule has 0 bridgehead atoms. The average Bonchev–Trinajstić information content (AvgIpc) is 2.32. The lowest BCUT2D eigenvalue weighted by molar-refractivity contribution is -0.137. The van der Waals surface area contributed by atoms with Gasteiger partial charge in [-0.2, -0.15) is 0 Å². The minimum Gasteiger partial charge on any atom is -0.481 e. The van der Waals surface area contributed by atoms with Crippen molar-refractivity contribution in [2.45, 2.75) is 39.7 Å². The maximum Gasteiger partial charge on any atom is 0.322 e. The van der Waals surface area contributed by atoms with Crippen molar-refractivity contribution in [3.8, 4) is 0 Å². The summed E-state index contributed by atoms with van der Waals surface area (Å²) in [5, 5.41) is 11.4. The predicted molar refractivity (Wildman–Crippen MR) is 78.9 cm³/mol. The van der Waals surface area contributed by atoms with Crippen LogP contribution in [0.25, 0.3) is 0 Å². The van der Waals surface area contributed by atoms with E-state index >= 15 is 0 Å². The Hall–Kier alpha value is -2.11. The molecular formula is C15H21FN2O3. The standard InChI is InChI=1S/C15H21FN2O3/c1-10-9-11(5-6-12(10)16)17-14(21)18(15(2,3)4)8-7-13(19)20/h5-6,9H,7-8H2,1-4H3,(H,17,21)(H,19,20). The lowest BCUT2D eigenvalue weighted by Crippen LogP contribution is -2.48. The number of halogens is 1. The lowest BCUT2D eigenvalue weighted by Gasteiger charge is -2.35. The average molecular weight is 296 g/mol. The highest BCUT2D eigenvalue weighted by atomic mass is 19.1. The van der Waals surface area contributed by atoms with Crippen LogP contribution >= 0.6 is 0 Å². The van der Waals surface area contributed by atoms with E-state index in [0.29, 0.717) is 11.3 Å². The molecule has 1 aromatic carbocycles. The van der Waals surface area contributed by atoms with Crippen LogP contribution in [-0.4, -0.2) is 34.1 Å². The van der Waals surface area contributed by atoms with Crippen LogP contribution in [0.1, 0.15) is 32.8 Å². The largest absolute Gasteiger partial charge is 0.481 e. The first kappa shape index (κ1) is 16.9. The molecule has 0 aliphatic rings. The van der Waals surface area contributed by atoms with Gasteiger partial charge in [-0.05, 0) is 51.5 Å². The summed E-state index contributed by atoms with van der Waals surface area (Å²) in [4.78, 5) is 24.4. The highest BCUT2D eigenvalue weighted by Crippen LogP contribution is 2.18. The molecule has 2 N–H and O–H groups in total. The van der Waals surface area contributed by atoms with E-state index in [1.807, 2.05) is 20.8 Å². The van der Waals surface area contributed by atoms with E-state index < -0.39 is 17.5 Å². The Morgan fingerprint density at radius 2 is 1.95 bits per heavy atom. The van der Waals surface area contributed by atoms with Crippen LogP contribution in [0.4, 0.5) is 14.9 Å². The molecule has 1 rings (SSSR count). The third kappa shape index (κ3) is 5.06. The van der Waals surface area contributed by atoms with E-state index in [1.165, 1.54) is 23.1 Å². The number of carbonyl (C=O) groups excluding carboxylic acids is 1. The van der Waals surface area contributed by atoms with Crippen molar-refractivity contribution in [3.05, 3.63) is 29.6 Å². The second-order valence-electron chi connectivity index (χ2n) is 5.86. The van der Waals surface area contributed by atoms with Crippen LogP contribution < -0.4 is 5.32 Å². The summed E-state index contributed by atoms with van der Waals surface area (Å²) in [5.74, 6) is -1.30. The van der Waals surface area contributed by atoms with E-state index in [-0.39, 0.29) is 18.8 Å². The van der Waals surface area contributed by atoms with Gasteiger partial charge in [0, 0.05) is 17.8 Å². The number of aliphatic carboxylic acids is 1. The molecule has 0 heterocycles. The van der Waals surface area contributed by atoms with Gasteiger partial charge in [-0.25, -0.2) is 9.18 Å². The highest BCUT2D eigenvalue weighted by Gasteiger charge is 2.26. The number of benzene rings is 1. The van der Waals surface area contributed by atoms with E-state index in [1.54, 1.807) is 6.92 Å². The number of aryl methyl sites for hydroxylation is 1. The Morgan fingerprint density at radius 3 is 2.43 bits per heavy atom. The number of carbonyl (C=O) groups is 2. The molecular weight excluding hydrogens is 275 g/mol. The molecule has 0 saturated carbocycles. The lowest BCUT2D eigenvalue weighted by atomic mass is 10.1. The normalized spacial score (nSPS) is 11.1. The van der Waals surface area contributed by atoms with Crippen LogP contribution in [0, 0.1) is 12.7 Å². The zero-order valence-electron chi connectivity index (χ0n) is 12.7. The number of amides is 2. The molecule has 0 unspecified atom stereocenters. The predicted octanol–water partition coefficient (Wildman–Crippen LogP) is 3.24. The second-order valence-corrected chi connectivity index (χ2v) is 5.86. The highest BCUT2D eigenvalue weighted by molar-refractivity contribution is 5.90. The summed E-state index contributed by atoms with van der Waals surface area (Å²) in [6, 6.07) is 3.88. The SMILES string of the molecule is Cc1cc(NC(=O)N(CCC(=O)O)C(C)(C)C)ccc1F. The van der Waals surface area contributed by atoms with Gasteiger partial charge in [0.1, 0.15) is 5.82 Å². The van der Waals surface area contributed by atoms with Crippen LogP contribution in [0.5, 0.6) is 0 Å². The molecule has 21 heavy (non-hydrogen) atoms. The van der Waals surface area contributed by atoms with Gasteiger partial charge in [0.2, 0.25) is 0 Å². The van der Waals surface area contributed by atoms with Crippen molar-refractivity contribution in [1.82, 2.24) is 4.90 Å². The summed E-state index contributed by atoms with van der Waals surface area (Å²) < 4.78 is 13.2. The number of hydrogen-bond donors (Lipinski definition) is 2. The number of carboxylic acids is 1. The minimum absolute atomic E-state index is 0.102. The summed E-state index contributed by atoms with van der Waals surface area (Å²) in [6.45, 7) is 7.18. The van der Waals surface area contributed by atoms with E-state index in [9.17, 15) is 14.0 Å². The second kappa shape index (κ2) is 6.56. The molecule has 0 aliphatic heterocycles. The van der Waals surface area contributed by atoms with Crippen molar-refractivity contribution < 1.29 is 19.1 Å². The Balaban J connectivity index is 2.85.